The molecule has 0 aliphatic carbocycles. The molecular weight excluding hydrogens is 224 g/mol. The molecule has 0 bridgehead atoms. The maximum absolute atomic E-state index is 11.1. The molecule has 82 valence electrons. The third-order valence-corrected chi connectivity index (χ3v) is 3.04. The number of carbonyl (C=O) groups is 1. The van der Waals surface area contributed by atoms with E-state index in [4.69, 9.17) is 0 Å². The van der Waals surface area contributed by atoms with Gasteiger partial charge in [-0.2, -0.15) is 4.98 Å². The molecule has 0 spiro atoms. The van der Waals surface area contributed by atoms with Gasteiger partial charge >= 0.3 is 0 Å². The SMILES string of the molecule is CC(=O)c1ccc(SCc2ncon2)cc1. The largest absolute Gasteiger partial charge is 0.343 e. The second-order valence-corrected chi connectivity index (χ2v) is 4.27. The van der Waals surface area contributed by atoms with Crippen LogP contribution in [0, 0.1) is 0 Å². The van der Waals surface area contributed by atoms with Crippen LogP contribution in [0.25, 0.3) is 0 Å². The van der Waals surface area contributed by atoms with Crippen LogP contribution in [-0.2, 0) is 5.75 Å². The van der Waals surface area contributed by atoms with Crippen LogP contribution in [0.1, 0.15) is 23.1 Å². The van der Waals surface area contributed by atoms with Crippen LogP contribution >= 0.6 is 11.8 Å². The number of rotatable bonds is 4. The first-order valence-electron chi connectivity index (χ1n) is 4.75. The van der Waals surface area contributed by atoms with Crippen LogP contribution in [0.4, 0.5) is 0 Å². The molecule has 1 heterocycles. The molecule has 0 saturated carbocycles. The summed E-state index contributed by atoms with van der Waals surface area (Å²) in [6.45, 7) is 1.56. The van der Waals surface area contributed by atoms with E-state index in [0.717, 1.165) is 10.5 Å². The quantitative estimate of drug-likeness (QED) is 0.601. The summed E-state index contributed by atoms with van der Waals surface area (Å²) in [5.74, 6) is 1.41. The van der Waals surface area contributed by atoms with Crippen molar-refractivity contribution in [3.05, 3.63) is 42.0 Å². The number of hydrogen-bond acceptors (Lipinski definition) is 5. The Labute approximate surface area is 97.1 Å². The van der Waals surface area contributed by atoms with Crippen LogP contribution in [0.15, 0.2) is 40.1 Å². The first-order valence-corrected chi connectivity index (χ1v) is 5.73. The van der Waals surface area contributed by atoms with Gasteiger partial charge in [0.15, 0.2) is 11.6 Å². The van der Waals surface area contributed by atoms with Crippen molar-refractivity contribution >= 4 is 17.5 Å². The van der Waals surface area contributed by atoms with Gasteiger partial charge in [0.2, 0.25) is 6.39 Å². The highest BCUT2D eigenvalue weighted by Gasteiger charge is 2.02. The summed E-state index contributed by atoms with van der Waals surface area (Å²) in [6, 6.07) is 7.48. The predicted molar refractivity (Wildman–Crippen MR) is 60.3 cm³/mol. The molecule has 0 unspecified atom stereocenters. The Kier molecular flexibility index (Phi) is 3.36. The van der Waals surface area contributed by atoms with Crippen molar-refractivity contribution < 1.29 is 9.32 Å². The van der Waals surface area contributed by atoms with E-state index in [9.17, 15) is 4.79 Å². The molecule has 0 atom stereocenters. The van der Waals surface area contributed by atoms with Crippen LogP contribution in [0.3, 0.4) is 0 Å². The van der Waals surface area contributed by atoms with Gasteiger partial charge in [0.05, 0.1) is 5.75 Å². The fraction of sp³-hybridized carbons (Fsp3) is 0.182. The lowest BCUT2D eigenvalue weighted by atomic mass is 10.2. The van der Waals surface area contributed by atoms with Crippen LogP contribution < -0.4 is 0 Å². The molecule has 0 aliphatic rings. The number of thioether (sulfide) groups is 1. The van der Waals surface area contributed by atoms with Crippen molar-refractivity contribution in [3.8, 4) is 0 Å². The van der Waals surface area contributed by atoms with E-state index in [1.54, 1.807) is 18.7 Å². The van der Waals surface area contributed by atoms with Crippen molar-refractivity contribution in [1.82, 2.24) is 10.1 Å². The smallest absolute Gasteiger partial charge is 0.213 e. The number of nitrogens with zero attached hydrogens (tertiary/aromatic N) is 2. The Morgan fingerprint density at radius 3 is 2.69 bits per heavy atom. The molecule has 5 heteroatoms. The predicted octanol–water partition coefficient (Wildman–Crippen LogP) is 2.56. The summed E-state index contributed by atoms with van der Waals surface area (Å²) in [4.78, 5) is 16.1. The van der Waals surface area contributed by atoms with Crippen molar-refractivity contribution in [3.63, 3.8) is 0 Å². The Bertz CT molecular complexity index is 465. The molecule has 4 nitrogen and oxygen atoms in total. The summed E-state index contributed by atoms with van der Waals surface area (Å²) < 4.78 is 4.63. The molecule has 0 N–H and O–H groups in total. The van der Waals surface area contributed by atoms with Gasteiger partial charge in [-0.25, -0.2) is 0 Å². The maximum atomic E-state index is 11.1. The number of aromatic nitrogens is 2. The summed E-state index contributed by atoms with van der Waals surface area (Å²) >= 11 is 1.60. The highest BCUT2D eigenvalue weighted by atomic mass is 32.2. The number of ketones is 1. The van der Waals surface area contributed by atoms with Gasteiger partial charge in [-0.1, -0.05) is 17.3 Å². The molecule has 2 rings (SSSR count). The number of hydrogen-bond donors (Lipinski definition) is 0. The Morgan fingerprint density at radius 2 is 2.12 bits per heavy atom. The minimum Gasteiger partial charge on any atom is -0.343 e. The summed E-state index contributed by atoms with van der Waals surface area (Å²) in [6.07, 6.45) is 1.31. The molecule has 2 aromatic rings. The number of carbonyl (C=O) groups excluding carboxylic acids is 1. The third-order valence-electron chi connectivity index (χ3n) is 2.04. The van der Waals surface area contributed by atoms with Gasteiger partial charge in [-0.3, -0.25) is 4.79 Å². The van der Waals surface area contributed by atoms with Gasteiger partial charge < -0.3 is 4.52 Å². The lowest BCUT2D eigenvalue weighted by Gasteiger charge is -1.99. The number of Topliss-reactive ketones (excluding diaryl/α,β-unsaturated/α-hetero) is 1. The average Bonchev–Trinajstić information content (AvgIpc) is 2.80. The number of benzene rings is 1. The first-order chi connectivity index (χ1) is 7.75. The lowest BCUT2D eigenvalue weighted by Crippen LogP contribution is -1.90. The van der Waals surface area contributed by atoms with Gasteiger partial charge in [0.1, 0.15) is 0 Å². The Hall–Kier alpha value is -1.62. The highest BCUT2D eigenvalue weighted by Crippen LogP contribution is 2.21. The monoisotopic (exact) mass is 234 g/mol. The summed E-state index contributed by atoms with van der Waals surface area (Å²) in [5, 5.41) is 3.72. The molecular formula is C11H10N2O2S. The fourth-order valence-corrected chi connectivity index (χ4v) is 1.94. The zero-order valence-electron chi connectivity index (χ0n) is 8.71. The van der Waals surface area contributed by atoms with E-state index < -0.39 is 0 Å². The average molecular weight is 234 g/mol. The molecule has 0 amide bonds. The highest BCUT2D eigenvalue weighted by molar-refractivity contribution is 7.98. The molecule has 16 heavy (non-hydrogen) atoms. The van der Waals surface area contributed by atoms with Gasteiger partial charge in [-0.05, 0) is 19.1 Å². The normalized spacial score (nSPS) is 10.3. The lowest BCUT2D eigenvalue weighted by molar-refractivity contribution is 0.101. The molecule has 0 saturated heterocycles. The molecule has 0 aliphatic heterocycles. The summed E-state index contributed by atoms with van der Waals surface area (Å²) in [5.41, 5.74) is 0.726. The van der Waals surface area contributed by atoms with E-state index in [1.165, 1.54) is 6.39 Å². The van der Waals surface area contributed by atoms with Crippen LogP contribution in [0.2, 0.25) is 0 Å². The van der Waals surface area contributed by atoms with E-state index in [1.807, 2.05) is 24.3 Å². The van der Waals surface area contributed by atoms with Crippen molar-refractivity contribution in [2.75, 3.05) is 0 Å². The molecule has 1 aromatic carbocycles. The minimum absolute atomic E-state index is 0.0784. The van der Waals surface area contributed by atoms with Gasteiger partial charge in [0, 0.05) is 10.5 Å². The van der Waals surface area contributed by atoms with E-state index in [-0.39, 0.29) is 5.78 Å². The van der Waals surface area contributed by atoms with Crippen LogP contribution in [0.5, 0.6) is 0 Å². The van der Waals surface area contributed by atoms with E-state index in [0.29, 0.717) is 11.6 Å². The summed E-state index contributed by atoms with van der Waals surface area (Å²) in [7, 11) is 0. The fourth-order valence-electron chi connectivity index (χ4n) is 1.19. The Morgan fingerprint density at radius 1 is 1.38 bits per heavy atom. The zero-order valence-corrected chi connectivity index (χ0v) is 9.53. The molecule has 0 radical (unpaired) electrons. The van der Waals surface area contributed by atoms with Crippen molar-refractivity contribution in [2.24, 2.45) is 0 Å². The van der Waals surface area contributed by atoms with E-state index in [2.05, 4.69) is 14.7 Å². The minimum atomic E-state index is 0.0784. The van der Waals surface area contributed by atoms with Crippen molar-refractivity contribution in [1.29, 1.82) is 0 Å². The third kappa shape index (κ3) is 2.70. The standard InChI is InChI=1S/C11H10N2O2S/c1-8(14)9-2-4-10(5-3-9)16-6-11-12-7-15-13-11/h2-5,7H,6H2,1H3. The first kappa shape index (κ1) is 10.9. The van der Waals surface area contributed by atoms with Gasteiger partial charge in [0.25, 0.3) is 0 Å². The molecule has 1 aromatic heterocycles. The second-order valence-electron chi connectivity index (χ2n) is 3.22. The zero-order chi connectivity index (χ0) is 11.4. The second kappa shape index (κ2) is 4.94. The molecule has 0 fully saturated rings. The van der Waals surface area contributed by atoms with E-state index >= 15 is 0 Å². The maximum Gasteiger partial charge on any atom is 0.213 e. The van der Waals surface area contributed by atoms with Gasteiger partial charge in [-0.15, -0.1) is 11.8 Å². The topological polar surface area (TPSA) is 56.0 Å². The van der Waals surface area contributed by atoms with Crippen LogP contribution in [-0.4, -0.2) is 15.9 Å². The van der Waals surface area contributed by atoms with Crippen molar-refractivity contribution in [2.45, 2.75) is 17.6 Å². The Balaban J connectivity index is 1.98.